The van der Waals surface area contributed by atoms with Crippen molar-refractivity contribution in [1.29, 1.82) is 0 Å². The van der Waals surface area contributed by atoms with Crippen molar-refractivity contribution in [3.8, 4) is 16.8 Å². The van der Waals surface area contributed by atoms with Crippen LogP contribution in [0.4, 0.5) is 5.95 Å². The van der Waals surface area contributed by atoms with Gasteiger partial charge in [-0.25, -0.2) is 4.98 Å². The molecule has 0 unspecified atom stereocenters. The van der Waals surface area contributed by atoms with Gasteiger partial charge in [0.1, 0.15) is 0 Å². The van der Waals surface area contributed by atoms with Crippen LogP contribution in [0.3, 0.4) is 0 Å². The minimum atomic E-state index is -0.219. The maximum Gasteiger partial charge on any atom is 0.258 e. The SMILES string of the molecule is O=C(Nc1nc(CCCCN2CCCC2=O)cn1-c1ccccc1)c1cccc(-c2ccc3[nH]ncc3c2)c1. The molecule has 3 heterocycles. The molecule has 0 spiro atoms. The third-order valence-corrected chi connectivity index (χ3v) is 7.20. The van der Waals surface area contributed by atoms with Crippen molar-refractivity contribution in [2.75, 3.05) is 18.4 Å². The van der Waals surface area contributed by atoms with Crippen LogP contribution in [0, 0.1) is 0 Å². The second kappa shape index (κ2) is 10.9. The molecule has 0 bridgehead atoms. The van der Waals surface area contributed by atoms with Gasteiger partial charge in [0, 0.05) is 42.3 Å². The molecule has 0 aliphatic carbocycles. The smallest absolute Gasteiger partial charge is 0.258 e. The second-order valence-electron chi connectivity index (χ2n) is 9.91. The average Bonchev–Trinajstić information content (AvgIpc) is 3.71. The lowest BCUT2D eigenvalue weighted by molar-refractivity contribution is -0.127. The number of anilines is 1. The van der Waals surface area contributed by atoms with Crippen LogP contribution in [0.2, 0.25) is 0 Å². The molecule has 2 aromatic heterocycles. The van der Waals surface area contributed by atoms with Gasteiger partial charge < -0.3 is 4.90 Å². The van der Waals surface area contributed by atoms with Crippen molar-refractivity contribution in [3.63, 3.8) is 0 Å². The van der Waals surface area contributed by atoms with Crippen molar-refractivity contribution >= 4 is 28.7 Å². The number of para-hydroxylation sites is 1. The summed E-state index contributed by atoms with van der Waals surface area (Å²) < 4.78 is 1.92. The van der Waals surface area contributed by atoms with Crippen LogP contribution in [0.25, 0.3) is 27.7 Å². The number of unbranched alkanes of at least 4 members (excludes halogenated alkanes) is 1. The molecule has 0 saturated carbocycles. The molecule has 8 nitrogen and oxygen atoms in total. The second-order valence-corrected chi connectivity index (χ2v) is 9.91. The Hall–Kier alpha value is -4.72. The quantitative estimate of drug-likeness (QED) is 0.248. The minimum Gasteiger partial charge on any atom is -0.343 e. The highest BCUT2D eigenvalue weighted by molar-refractivity contribution is 6.04. The molecular weight excluding hydrogens is 488 g/mol. The summed E-state index contributed by atoms with van der Waals surface area (Å²) in [4.78, 5) is 32.0. The van der Waals surface area contributed by atoms with E-state index in [-0.39, 0.29) is 11.8 Å². The number of aromatic amines is 1. The number of aromatic nitrogens is 4. The van der Waals surface area contributed by atoms with Gasteiger partial charge in [0.15, 0.2) is 0 Å². The number of nitrogens with zero attached hydrogens (tertiary/aromatic N) is 4. The summed E-state index contributed by atoms with van der Waals surface area (Å²) >= 11 is 0. The number of nitrogens with one attached hydrogen (secondary N) is 2. The predicted octanol–water partition coefficient (Wildman–Crippen LogP) is 5.61. The van der Waals surface area contributed by atoms with Crippen molar-refractivity contribution < 1.29 is 9.59 Å². The number of H-pyrrole nitrogens is 1. The van der Waals surface area contributed by atoms with E-state index in [9.17, 15) is 9.59 Å². The van der Waals surface area contributed by atoms with E-state index in [1.165, 1.54) is 0 Å². The monoisotopic (exact) mass is 518 g/mol. The van der Waals surface area contributed by atoms with Gasteiger partial charge in [-0.05, 0) is 73.2 Å². The van der Waals surface area contributed by atoms with E-state index in [1.807, 2.05) is 82.4 Å². The van der Waals surface area contributed by atoms with Crippen molar-refractivity contribution in [1.82, 2.24) is 24.6 Å². The predicted molar refractivity (Wildman–Crippen MR) is 152 cm³/mol. The standard InChI is InChI=1S/C31H30N6O2/c38-29-13-7-17-36(29)16-5-4-10-26-21-37(27-11-2-1-3-12-27)31(33-26)34-30(39)24-9-6-8-22(18-24)23-14-15-28-25(19-23)20-32-35-28/h1-3,6,8-9,11-12,14-15,18-21H,4-5,7,10,13,16-17H2,(H,32,35)(H,33,34,39). The number of carbonyl (C=O) groups excluding carboxylic acids is 2. The van der Waals surface area contributed by atoms with Crippen LogP contribution >= 0.6 is 0 Å². The third kappa shape index (κ3) is 5.45. The first-order valence-corrected chi connectivity index (χ1v) is 13.4. The van der Waals surface area contributed by atoms with Crippen LogP contribution in [-0.2, 0) is 11.2 Å². The number of likely N-dealkylation sites (tertiary alicyclic amines) is 1. The molecule has 1 aliphatic heterocycles. The van der Waals surface area contributed by atoms with Gasteiger partial charge in [0.2, 0.25) is 11.9 Å². The average molecular weight is 519 g/mol. The third-order valence-electron chi connectivity index (χ3n) is 7.20. The molecule has 1 aliphatic rings. The van der Waals surface area contributed by atoms with Crippen LogP contribution < -0.4 is 5.32 Å². The molecule has 0 atom stereocenters. The van der Waals surface area contributed by atoms with Gasteiger partial charge in [-0.2, -0.15) is 5.10 Å². The Balaban J connectivity index is 1.19. The number of rotatable bonds is 9. The number of amides is 2. The van der Waals surface area contributed by atoms with Gasteiger partial charge in [-0.3, -0.25) is 24.6 Å². The zero-order valence-electron chi connectivity index (χ0n) is 21.6. The van der Waals surface area contributed by atoms with Crippen LogP contribution in [0.5, 0.6) is 0 Å². The molecule has 2 amide bonds. The first-order chi connectivity index (χ1) is 19.1. The Kier molecular flexibility index (Phi) is 6.91. The lowest BCUT2D eigenvalue weighted by Crippen LogP contribution is -2.25. The molecule has 5 aromatic rings. The topological polar surface area (TPSA) is 95.9 Å². The van der Waals surface area contributed by atoms with Gasteiger partial charge in [0.05, 0.1) is 17.4 Å². The summed E-state index contributed by atoms with van der Waals surface area (Å²) in [5.74, 6) is 0.531. The van der Waals surface area contributed by atoms with Gasteiger partial charge in [0.25, 0.3) is 5.91 Å². The van der Waals surface area contributed by atoms with E-state index in [0.29, 0.717) is 17.9 Å². The highest BCUT2D eigenvalue weighted by atomic mass is 16.2. The summed E-state index contributed by atoms with van der Waals surface area (Å²) in [6.45, 7) is 1.67. The molecule has 2 N–H and O–H groups in total. The number of fused-ring (bicyclic) bond motifs is 1. The fourth-order valence-corrected chi connectivity index (χ4v) is 5.11. The van der Waals surface area contributed by atoms with Crippen LogP contribution in [0.15, 0.2) is 85.2 Å². The molecule has 1 saturated heterocycles. The Morgan fingerprint density at radius 1 is 0.974 bits per heavy atom. The Morgan fingerprint density at radius 2 is 1.85 bits per heavy atom. The maximum absolute atomic E-state index is 13.4. The molecular formula is C31H30N6O2. The number of hydrogen-bond acceptors (Lipinski definition) is 4. The number of imidazole rings is 1. The zero-order valence-corrected chi connectivity index (χ0v) is 21.6. The van der Waals surface area contributed by atoms with Crippen molar-refractivity contribution in [2.45, 2.75) is 32.1 Å². The summed E-state index contributed by atoms with van der Waals surface area (Å²) in [5, 5.41) is 11.1. The highest BCUT2D eigenvalue weighted by Crippen LogP contribution is 2.25. The van der Waals surface area contributed by atoms with E-state index >= 15 is 0 Å². The molecule has 8 heteroatoms. The van der Waals surface area contributed by atoms with E-state index in [0.717, 1.165) is 72.2 Å². The fraction of sp³-hybridized carbons (Fsp3) is 0.226. The lowest BCUT2D eigenvalue weighted by Gasteiger charge is -2.14. The summed E-state index contributed by atoms with van der Waals surface area (Å²) in [6.07, 6.45) is 8.05. The largest absolute Gasteiger partial charge is 0.343 e. The first-order valence-electron chi connectivity index (χ1n) is 13.4. The number of aryl methyl sites for hydroxylation is 1. The van der Waals surface area contributed by atoms with Gasteiger partial charge >= 0.3 is 0 Å². The molecule has 0 radical (unpaired) electrons. The van der Waals surface area contributed by atoms with Gasteiger partial charge in [-0.1, -0.05) is 36.4 Å². The molecule has 39 heavy (non-hydrogen) atoms. The molecule has 3 aromatic carbocycles. The summed E-state index contributed by atoms with van der Waals surface area (Å²) in [6, 6.07) is 23.5. The van der Waals surface area contributed by atoms with Crippen LogP contribution in [0.1, 0.15) is 41.7 Å². The normalized spacial score (nSPS) is 13.3. The van der Waals surface area contributed by atoms with Crippen molar-refractivity contribution in [3.05, 3.63) is 96.4 Å². The molecule has 196 valence electrons. The van der Waals surface area contributed by atoms with Crippen molar-refractivity contribution in [2.24, 2.45) is 0 Å². The number of carbonyl (C=O) groups is 2. The molecule has 1 fully saturated rings. The zero-order chi connectivity index (χ0) is 26.6. The van der Waals surface area contributed by atoms with E-state index in [4.69, 9.17) is 4.98 Å². The summed E-state index contributed by atoms with van der Waals surface area (Å²) in [7, 11) is 0. The summed E-state index contributed by atoms with van der Waals surface area (Å²) in [5.41, 5.74) is 5.33. The van der Waals surface area contributed by atoms with E-state index < -0.39 is 0 Å². The van der Waals surface area contributed by atoms with Gasteiger partial charge in [-0.15, -0.1) is 0 Å². The Labute approximate surface area is 226 Å². The fourth-order valence-electron chi connectivity index (χ4n) is 5.11. The maximum atomic E-state index is 13.4. The molecule has 6 rings (SSSR count). The minimum absolute atomic E-state index is 0.219. The lowest BCUT2D eigenvalue weighted by atomic mass is 10.0. The van der Waals surface area contributed by atoms with Crippen LogP contribution in [-0.4, -0.2) is 49.6 Å². The number of benzene rings is 3. The van der Waals surface area contributed by atoms with E-state index in [1.54, 1.807) is 6.20 Å². The van der Waals surface area contributed by atoms with E-state index in [2.05, 4.69) is 21.6 Å². The Bertz CT molecular complexity index is 1620. The highest BCUT2D eigenvalue weighted by Gasteiger charge is 2.19. The first kappa shape index (κ1) is 24.6. The number of hydrogen-bond donors (Lipinski definition) is 2. The Morgan fingerprint density at radius 3 is 2.69 bits per heavy atom.